The fourth-order valence-electron chi connectivity index (χ4n) is 2.48. The molecule has 3 aromatic rings. The number of halogens is 3. The van der Waals surface area contributed by atoms with Crippen molar-refractivity contribution in [3.05, 3.63) is 71.0 Å². The second kappa shape index (κ2) is 7.14. The molecule has 0 aliphatic heterocycles. The van der Waals surface area contributed by atoms with E-state index >= 15 is 0 Å². The van der Waals surface area contributed by atoms with Gasteiger partial charge >= 0.3 is 6.18 Å². The number of hydrogen-bond acceptors (Lipinski definition) is 5. The number of benzene rings is 2. The van der Waals surface area contributed by atoms with Gasteiger partial charge in [0.15, 0.2) is 5.69 Å². The molecule has 0 spiro atoms. The molecule has 0 aliphatic carbocycles. The van der Waals surface area contributed by atoms with Crippen LogP contribution in [0, 0.1) is 6.92 Å². The van der Waals surface area contributed by atoms with Crippen molar-refractivity contribution in [1.82, 2.24) is 15.0 Å². The summed E-state index contributed by atoms with van der Waals surface area (Å²) in [6.45, 7) is 1.49. The number of nitrogens with zero attached hydrogens (tertiary/aromatic N) is 3. The number of aromatic carboxylic acids is 1. The molecule has 7 nitrogen and oxygen atoms in total. The zero-order valence-electron chi connectivity index (χ0n) is 14.3. The number of carbonyl (C=O) groups excluding carboxylic acids is 2. The molecule has 3 rings (SSSR count). The zero-order chi connectivity index (χ0) is 20.5. The Labute approximate surface area is 156 Å². The molecule has 144 valence electrons. The van der Waals surface area contributed by atoms with Crippen LogP contribution in [0.1, 0.15) is 32.1 Å². The maximum Gasteiger partial charge on any atom is 0.416 e. The van der Waals surface area contributed by atoms with E-state index in [1.807, 2.05) is 0 Å². The van der Waals surface area contributed by atoms with Gasteiger partial charge in [0.1, 0.15) is 0 Å². The molecule has 28 heavy (non-hydrogen) atoms. The monoisotopic (exact) mass is 389 g/mol. The Morgan fingerprint density at radius 3 is 2.39 bits per heavy atom. The Kier molecular flexibility index (Phi) is 4.87. The molecule has 1 N–H and O–H groups in total. The van der Waals surface area contributed by atoms with Crippen LogP contribution in [0.3, 0.4) is 0 Å². The van der Waals surface area contributed by atoms with E-state index in [2.05, 4.69) is 15.6 Å². The summed E-state index contributed by atoms with van der Waals surface area (Å²) in [5.41, 5.74) is -0.326. The van der Waals surface area contributed by atoms with Crippen LogP contribution in [0.4, 0.5) is 18.9 Å². The molecule has 0 fully saturated rings. The van der Waals surface area contributed by atoms with Crippen molar-refractivity contribution in [3.63, 3.8) is 0 Å². The van der Waals surface area contributed by atoms with Crippen LogP contribution in [0.5, 0.6) is 0 Å². The van der Waals surface area contributed by atoms with E-state index in [0.717, 1.165) is 16.8 Å². The van der Waals surface area contributed by atoms with Crippen LogP contribution in [-0.2, 0) is 6.18 Å². The van der Waals surface area contributed by atoms with Gasteiger partial charge in [-0.15, -0.1) is 5.10 Å². The fraction of sp³-hybridized carbons (Fsp3) is 0.111. The third kappa shape index (κ3) is 3.85. The SMILES string of the molecule is Cc1c(C(=O)Nc2ccc(C(=O)[O-])cc2)nnn1-c1cccc(C(F)(F)F)c1. The predicted molar refractivity (Wildman–Crippen MR) is 89.8 cm³/mol. The average Bonchev–Trinajstić information content (AvgIpc) is 3.03. The van der Waals surface area contributed by atoms with Crippen LogP contribution in [0.15, 0.2) is 48.5 Å². The molecule has 0 aliphatic rings. The van der Waals surface area contributed by atoms with Crippen molar-refractivity contribution in [1.29, 1.82) is 0 Å². The second-order valence-corrected chi connectivity index (χ2v) is 5.80. The van der Waals surface area contributed by atoms with Crippen molar-refractivity contribution in [2.45, 2.75) is 13.1 Å². The van der Waals surface area contributed by atoms with Crippen LogP contribution in [0.25, 0.3) is 5.69 Å². The molecule has 1 aromatic heterocycles. The summed E-state index contributed by atoms with van der Waals surface area (Å²) in [6, 6.07) is 9.75. The first-order valence-corrected chi connectivity index (χ1v) is 7.89. The molecule has 0 saturated heterocycles. The van der Waals surface area contributed by atoms with Crippen molar-refractivity contribution < 1.29 is 27.9 Å². The number of nitrogens with one attached hydrogen (secondary N) is 1. The Balaban J connectivity index is 1.84. The maximum absolute atomic E-state index is 12.9. The van der Waals surface area contributed by atoms with Crippen LogP contribution >= 0.6 is 0 Å². The molecule has 0 saturated carbocycles. The number of carboxylic acid groups (broad SMARTS) is 1. The highest BCUT2D eigenvalue weighted by molar-refractivity contribution is 6.03. The molecule has 1 amide bonds. The van der Waals surface area contributed by atoms with E-state index < -0.39 is 23.6 Å². The van der Waals surface area contributed by atoms with Gasteiger partial charge in [0.25, 0.3) is 5.91 Å². The van der Waals surface area contributed by atoms with E-state index in [-0.39, 0.29) is 22.6 Å². The van der Waals surface area contributed by atoms with Gasteiger partial charge in [-0.3, -0.25) is 4.79 Å². The topological polar surface area (TPSA) is 99.9 Å². The second-order valence-electron chi connectivity index (χ2n) is 5.80. The predicted octanol–water partition coefficient (Wildman–Crippen LogP) is 2.21. The van der Waals surface area contributed by atoms with Gasteiger partial charge in [-0.1, -0.05) is 23.4 Å². The first-order chi connectivity index (χ1) is 13.2. The molecule has 0 unspecified atom stereocenters. The smallest absolute Gasteiger partial charge is 0.416 e. The third-order valence-electron chi connectivity index (χ3n) is 3.91. The minimum atomic E-state index is -4.51. The van der Waals surface area contributed by atoms with Crippen LogP contribution < -0.4 is 10.4 Å². The molecular weight excluding hydrogens is 377 g/mol. The molecule has 10 heteroatoms. The van der Waals surface area contributed by atoms with E-state index in [0.29, 0.717) is 5.69 Å². The summed E-state index contributed by atoms with van der Waals surface area (Å²) in [4.78, 5) is 23.1. The minimum Gasteiger partial charge on any atom is -0.545 e. The number of amides is 1. The molecule has 0 radical (unpaired) electrons. The summed E-state index contributed by atoms with van der Waals surface area (Å²) in [5, 5.41) is 20.8. The van der Waals surface area contributed by atoms with Gasteiger partial charge in [-0.25, -0.2) is 4.68 Å². The van der Waals surface area contributed by atoms with E-state index in [9.17, 15) is 27.9 Å². The van der Waals surface area contributed by atoms with E-state index in [1.54, 1.807) is 0 Å². The Hall–Kier alpha value is -3.69. The molecule has 0 bridgehead atoms. The molecular formula is C18H12F3N4O3-. The Bertz CT molecular complexity index is 1040. The van der Waals surface area contributed by atoms with E-state index in [1.165, 1.54) is 43.3 Å². The third-order valence-corrected chi connectivity index (χ3v) is 3.91. The summed E-state index contributed by atoms with van der Waals surface area (Å²) >= 11 is 0. The molecule has 2 aromatic carbocycles. The van der Waals surface area contributed by atoms with Crippen molar-refractivity contribution in [3.8, 4) is 5.69 Å². The van der Waals surface area contributed by atoms with Crippen molar-refractivity contribution in [2.24, 2.45) is 0 Å². The quantitative estimate of drug-likeness (QED) is 0.738. The lowest BCUT2D eigenvalue weighted by Crippen LogP contribution is -2.22. The lowest BCUT2D eigenvalue weighted by Gasteiger charge is -2.09. The number of aromatic nitrogens is 3. The summed E-state index contributed by atoms with van der Waals surface area (Å²) in [7, 11) is 0. The molecule has 1 heterocycles. The number of carbonyl (C=O) groups is 2. The van der Waals surface area contributed by atoms with Crippen LogP contribution in [-0.4, -0.2) is 26.9 Å². The zero-order valence-corrected chi connectivity index (χ0v) is 14.3. The number of carboxylic acids is 1. The first kappa shape index (κ1) is 19.1. The number of alkyl halides is 3. The lowest BCUT2D eigenvalue weighted by atomic mass is 10.2. The summed E-state index contributed by atoms with van der Waals surface area (Å²) in [5.74, 6) is -1.99. The normalized spacial score (nSPS) is 11.3. The summed E-state index contributed by atoms with van der Waals surface area (Å²) in [6.07, 6.45) is -4.51. The highest BCUT2D eigenvalue weighted by atomic mass is 19.4. The maximum atomic E-state index is 12.9. The average molecular weight is 389 g/mol. The molecule has 0 atom stereocenters. The largest absolute Gasteiger partial charge is 0.545 e. The van der Waals surface area contributed by atoms with Gasteiger partial charge in [-0.2, -0.15) is 13.2 Å². The van der Waals surface area contributed by atoms with E-state index in [4.69, 9.17) is 0 Å². The first-order valence-electron chi connectivity index (χ1n) is 7.89. The number of hydrogen-bond donors (Lipinski definition) is 1. The van der Waals surface area contributed by atoms with Crippen molar-refractivity contribution in [2.75, 3.05) is 5.32 Å². The van der Waals surface area contributed by atoms with Gasteiger partial charge in [0, 0.05) is 5.69 Å². The highest BCUT2D eigenvalue weighted by Gasteiger charge is 2.31. The number of anilines is 1. The van der Waals surface area contributed by atoms with Gasteiger partial charge in [-0.05, 0) is 42.8 Å². The standard InChI is InChI=1S/C18H13F3N4O3/c1-10-15(16(26)22-13-7-5-11(6-8-13)17(27)28)23-24-25(10)14-4-2-3-12(9-14)18(19,20)21/h2-9H,1H3,(H,22,26)(H,27,28)/p-1. The number of rotatable bonds is 4. The Morgan fingerprint density at radius 2 is 1.79 bits per heavy atom. The Morgan fingerprint density at radius 1 is 1.11 bits per heavy atom. The van der Waals surface area contributed by atoms with Crippen molar-refractivity contribution >= 4 is 17.6 Å². The van der Waals surface area contributed by atoms with Gasteiger partial charge < -0.3 is 15.2 Å². The highest BCUT2D eigenvalue weighted by Crippen LogP contribution is 2.30. The fourth-order valence-corrected chi connectivity index (χ4v) is 2.48. The summed E-state index contributed by atoms with van der Waals surface area (Å²) < 4.78 is 39.8. The lowest BCUT2D eigenvalue weighted by molar-refractivity contribution is -0.255. The van der Waals surface area contributed by atoms with Gasteiger partial charge in [0.2, 0.25) is 0 Å². The van der Waals surface area contributed by atoms with Crippen LogP contribution in [0.2, 0.25) is 0 Å². The minimum absolute atomic E-state index is 0.0512. The van der Waals surface area contributed by atoms with Gasteiger partial charge in [0.05, 0.1) is 22.9 Å².